The van der Waals surface area contributed by atoms with E-state index >= 15 is 0 Å². The van der Waals surface area contributed by atoms with Crippen molar-refractivity contribution in [3.8, 4) is 0 Å². The predicted octanol–water partition coefficient (Wildman–Crippen LogP) is 1.60. The van der Waals surface area contributed by atoms with Gasteiger partial charge in [0.05, 0.1) is 11.0 Å². The molecule has 1 aromatic rings. The quantitative estimate of drug-likeness (QED) is 0.914. The number of carbonyl (C=O) groups is 2. The highest BCUT2D eigenvalue weighted by molar-refractivity contribution is 5.93. The minimum Gasteiger partial charge on any atom is -0.481 e. The molecule has 1 aliphatic heterocycles. The molecule has 1 fully saturated rings. The van der Waals surface area contributed by atoms with E-state index in [-0.39, 0.29) is 11.8 Å². The zero-order chi connectivity index (χ0) is 15.6. The number of aliphatic carboxylic acids is 1. The van der Waals surface area contributed by atoms with Gasteiger partial charge in [-0.25, -0.2) is 4.79 Å². The van der Waals surface area contributed by atoms with Crippen molar-refractivity contribution in [3.63, 3.8) is 0 Å². The molecule has 1 amide bonds. The normalized spacial score (nSPS) is 19.3. The smallest absolute Gasteiger partial charge is 0.335 e. The van der Waals surface area contributed by atoms with E-state index in [1.54, 1.807) is 18.7 Å². The van der Waals surface area contributed by atoms with Crippen molar-refractivity contribution in [2.45, 2.75) is 26.7 Å². The maximum atomic E-state index is 12.4. The van der Waals surface area contributed by atoms with E-state index in [2.05, 4.69) is 0 Å². The maximum absolute atomic E-state index is 12.4. The molecule has 114 valence electrons. The van der Waals surface area contributed by atoms with E-state index in [1.165, 1.54) is 12.1 Å². The van der Waals surface area contributed by atoms with Gasteiger partial charge < -0.3 is 14.4 Å². The summed E-state index contributed by atoms with van der Waals surface area (Å²) in [5.74, 6) is -1.18. The predicted molar refractivity (Wildman–Crippen MR) is 75.0 cm³/mol. The van der Waals surface area contributed by atoms with Crippen LogP contribution in [0.5, 0.6) is 0 Å². The molecule has 1 unspecified atom stereocenters. The van der Waals surface area contributed by atoms with E-state index in [0.29, 0.717) is 18.7 Å². The van der Waals surface area contributed by atoms with E-state index < -0.39 is 17.0 Å². The van der Waals surface area contributed by atoms with Crippen LogP contribution in [-0.2, 0) is 4.79 Å². The van der Waals surface area contributed by atoms with Crippen LogP contribution in [0.1, 0.15) is 37.0 Å². The van der Waals surface area contributed by atoms with Crippen LogP contribution in [-0.4, -0.2) is 35.0 Å². The lowest BCUT2D eigenvalue weighted by molar-refractivity contribution is -0.151. The number of carboxylic acid groups (broad SMARTS) is 1. The van der Waals surface area contributed by atoms with Gasteiger partial charge in [-0.2, -0.15) is 0 Å². The molecule has 0 saturated carbocycles. The number of nitrogens with zero attached hydrogens (tertiary/aromatic N) is 1. The fraction of sp³-hybridized carbons (Fsp3) is 0.533. The molecule has 1 atom stereocenters. The molecule has 0 aromatic carbocycles. The Balaban J connectivity index is 2.14. The van der Waals surface area contributed by atoms with Crippen molar-refractivity contribution in [2.75, 3.05) is 13.1 Å². The monoisotopic (exact) mass is 293 g/mol. The Morgan fingerprint density at radius 2 is 2.10 bits per heavy atom. The zero-order valence-corrected chi connectivity index (χ0v) is 12.2. The van der Waals surface area contributed by atoms with Gasteiger partial charge >= 0.3 is 11.6 Å². The van der Waals surface area contributed by atoms with Gasteiger partial charge in [0.15, 0.2) is 0 Å². The lowest BCUT2D eigenvalue weighted by Gasteiger charge is -2.39. The lowest BCUT2D eigenvalue weighted by Crippen LogP contribution is -2.46. The Morgan fingerprint density at radius 3 is 2.67 bits per heavy atom. The van der Waals surface area contributed by atoms with Gasteiger partial charge in [-0.3, -0.25) is 9.59 Å². The first-order valence-electron chi connectivity index (χ1n) is 6.94. The summed E-state index contributed by atoms with van der Waals surface area (Å²) >= 11 is 0. The van der Waals surface area contributed by atoms with Crippen LogP contribution in [0, 0.1) is 11.3 Å². The van der Waals surface area contributed by atoms with E-state index in [4.69, 9.17) is 4.42 Å². The molecule has 1 aromatic heterocycles. The van der Waals surface area contributed by atoms with Crippen molar-refractivity contribution in [1.82, 2.24) is 4.90 Å². The first-order chi connectivity index (χ1) is 9.82. The molecular weight excluding hydrogens is 274 g/mol. The molecule has 0 aliphatic carbocycles. The lowest BCUT2D eigenvalue weighted by atomic mass is 9.74. The first-order valence-corrected chi connectivity index (χ1v) is 6.94. The molecule has 1 saturated heterocycles. The van der Waals surface area contributed by atoms with E-state index in [0.717, 1.165) is 19.1 Å². The third kappa shape index (κ3) is 3.15. The van der Waals surface area contributed by atoms with Gasteiger partial charge in [0.25, 0.3) is 5.91 Å². The standard InChI is InChI=1S/C15H19NO5/c1-15(2,14(19)20)11-4-3-7-16(8-11)13(18)10-5-6-12(17)21-9-10/h5-6,9,11H,3-4,7-8H2,1-2H3,(H,19,20). The number of hydrogen-bond acceptors (Lipinski definition) is 4. The van der Waals surface area contributed by atoms with Crippen LogP contribution >= 0.6 is 0 Å². The number of piperidine rings is 1. The number of likely N-dealkylation sites (tertiary alicyclic amines) is 1. The molecule has 2 rings (SSSR count). The topological polar surface area (TPSA) is 87.8 Å². The highest BCUT2D eigenvalue weighted by Gasteiger charge is 2.40. The van der Waals surface area contributed by atoms with Crippen LogP contribution in [0.4, 0.5) is 0 Å². The summed E-state index contributed by atoms with van der Waals surface area (Å²) in [5.41, 5.74) is -1.07. The fourth-order valence-corrected chi connectivity index (χ4v) is 2.59. The average Bonchev–Trinajstić information content (AvgIpc) is 2.47. The Bertz CT molecular complexity index is 584. The summed E-state index contributed by atoms with van der Waals surface area (Å²) in [4.78, 5) is 36.3. The van der Waals surface area contributed by atoms with Crippen molar-refractivity contribution in [3.05, 3.63) is 34.4 Å². The summed E-state index contributed by atoms with van der Waals surface area (Å²) in [5, 5.41) is 9.31. The second-order valence-corrected chi connectivity index (χ2v) is 5.96. The second kappa shape index (κ2) is 5.71. The summed E-state index contributed by atoms with van der Waals surface area (Å²) in [6.07, 6.45) is 2.70. The molecule has 21 heavy (non-hydrogen) atoms. The van der Waals surface area contributed by atoms with E-state index in [9.17, 15) is 19.5 Å². The maximum Gasteiger partial charge on any atom is 0.335 e. The van der Waals surface area contributed by atoms with Crippen molar-refractivity contribution < 1.29 is 19.1 Å². The molecule has 0 bridgehead atoms. The van der Waals surface area contributed by atoms with Crippen molar-refractivity contribution >= 4 is 11.9 Å². The summed E-state index contributed by atoms with van der Waals surface area (Å²) in [6, 6.07) is 2.63. The Labute approximate surface area is 122 Å². The van der Waals surface area contributed by atoms with Crippen LogP contribution in [0.3, 0.4) is 0 Å². The van der Waals surface area contributed by atoms with Gasteiger partial charge in [0.2, 0.25) is 0 Å². The van der Waals surface area contributed by atoms with Gasteiger partial charge in [-0.15, -0.1) is 0 Å². The number of carboxylic acids is 1. The summed E-state index contributed by atoms with van der Waals surface area (Å²) < 4.78 is 4.71. The Morgan fingerprint density at radius 1 is 1.38 bits per heavy atom. The molecule has 2 heterocycles. The third-order valence-electron chi connectivity index (χ3n) is 4.23. The minimum atomic E-state index is -0.873. The summed E-state index contributed by atoms with van der Waals surface area (Å²) in [7, 11) is 0. The summed E-state index contributed by atoms with van der Waals surface area (Å²) in [6.45, 7) is 4.37. The number of rotatable bonds is 3. The fourth-order valence-electron chi connectivity index (χ4n) is 2.59. The first kappa shape index (κ1) is 15.3. The molecule has 1 N–H and O–H groups in total. The molecular formula is C15H19NO5. The zero-order valence-electron chi connectivity index (χ0n) is 12.2. The number of hydrogen-bond donors (Lipinski definition) is 1. The van der Waals surface area contributed by atoms with Crippen LogP contribution < -0.4 is 5.63 Å². The SMILES string of the molecule is CC(C)(C(=O)O)C1CCCN(C(=O)c2ccc(=O)oc2)C1. The van der Waals surface area contributed by atoms with Crippen molar-refractivity contribution in [1.29, 1.82) is 0 Å². The largest absolute Gasteiger partial charge is 0.481 e. The highest BCUT2D eigenvalue weighted by Crippen LogP contribution is 2.34. The Hall–Kier alpha value is -2.11. The average molecular weight is 293 g/mol. The molecule has 0 radical (unpaired) electrons. The minimum absolute atomic E-state index is 0.0941. The van der Waals surface area contributed by atoms with E-state index in [1.807, 2.05) is 0 Å². The molecule has 6 heteroatoms. The van der Waals surface area contributed by atoms with Crippen LogP contribution in [0.15, 0.2) is 27.6 Å². The van der Waals surface area contributed by atoms with Crippen molar-refractivity contribution in [2.24, 2.45) is 11.3 Å². The molecule has 1 aliphatic rings. The molecule has 0 spiro atoms. The number of carbonyl (C=O) groups excluding carboxylic acids is 1. The van der Waals surface area contributed by atoms with Crippen LogP contribution in [0.2, 0.25) is 0 Å². The van der Waals surface area contributed by atoms with Gasteiger partial charge in [-0.05, 0) is 38.7 Å². The van der Waals surface area contributed by atoms with Crippen LogP contribution in [0.25, 0.3) is 0 Å². The third-order valence-corrected chi connectivity index (χ3v) is 4.23. The highest BCUT2D eigenvalue weighted by atomic mass is 16.4. The number of amides is 1. The Kier molecular flexibility index (Phi) is 4.16. The van der Waals surface area contributed by atoms with Gasteiger partial charge in [0.1, 0.15) is 6.26 Å². The van der Waals surface area contributed by atoms with Gasteiger partial charge in [-0.1, -0.05) is 0 Å². The molecule has 6 nitrogen and oxygen atoms in total. The van der Waals surface area contributed by atoms with Gasteiger partial charge in [0, 0.05) is 19.2 Å². The second-order valence-electron chi connectivity index (χ2n) is 5.96.